The number of carbonyl (C=O) groups is 1. The molecule has 0 aliphatic carbocycles. The average Bonchev–Trinajstić information content (AvgIpc) is 2.43. The maximum atomic E-state index is 12.3. The first-order chi connectivity index (χ1) is 10.3. The minimum atomic E-state index is -0.279. The largest absolute Gasteiger partial charge is 0.342 e. The minimum absolute atomic E-state index is 0.261. The third-order valence-electron chi connectivity index (χ3n) is 4.12. The molecule has 1 fully saturated rings. The molecule has 0 atom stereocenters. The van der Waals surface area contributed by atoms with Crippen molar-refractivity contribution in [2.24, 2.45) is 5.41 Å². The van der Waals surface area contributed by atoms with Gasteiger partial charge in [0.25, 0.3) is 0 Å². The molecule has 1 heterocycles. The van der Waals surface area contributed by atoms with Crippen LogP contribution in [-0.2, 0) is 11.3 Å². The highest BCUT2D eigenvalue weighted by molar-refractivity contribution is 6.30. The van der Waals surface area contributed by atoms with Crippen LogP contribution in [0.5, 0.6) is 0 Å². The van der Waals surface area contributed by atoms with Crippen molar-refractivity contribution in [1.29, 1.82) is 0 Å². The van der Waals surface area contributed by atoms with Gasteiger partial charge in [0.1, 0.15) is 0 Å². The fourth-order valence-electron chi connectivity index (χ4n) is 2.94. The summed E-state index contributed by atoms with van der Waals surface area (Å²) in [5.74, 6) is 0.261. The Kier molecular flexibility index (Phi) is 5.51. The van der Waals surface area contributed by atoms with E-state index in [0.717, 1.165) is 37.5 Å². The highest BCUT2D eigenvalue weighted by Crippen LogP contribution is 2.21. The third-order valence-corrected chi connectivity index (χ3v) is 4.34. The molecule has 0 spiro atoms. The quantitative estimate of drug-likeness (QED) is 0.918. The second-order valence-electron chi connectivity index (χ2n) is 7.33. The molecule has 0 saturated carbocycles. The van der Waals surface area contributed by atoms with Crippen LogP contribution in [0.3, 0.4) is 0 Å². The highest BCUT2D eigenvalue weighted by Gasteiger charge is 2.30. The first kappa shape index (κ1) is 17.3. The number of nitrogens with zero attached hydrogens (tertiary/aromatic N) is 1. The van der Waals surface area contributed by atoms with E-state index < -0.39 is 0 Å². The van der Waals surface area contributed by atoms with E-state index in [0.29, 0.717) is 6.04 Å². The van der Waals surface area contributed by atoms with Crippen molar-refractivity contribution in [2.75, 3.05) is 13.1 Å². The molecule has 122 valence electrons. The van der Waals surface area contributed by atoms with Crippen molar-refractivity contribution in [3.05, 3.63) is 34.3 Å². The lowest BCUT2D eigenvalue weighted by Gasteiger charge is -2.36. The van der Waals surface area contributed by atoms with Crippen LogP contribution < -0.4 is 5.32 Å². The maximum absolute atomic E-state index is 12.3. The molecule has 0 radical (unpaired) electrons. The first-order valence-electron chi connectivity index (χ1n) is 8.04. The van der Waals surface area contributed by atoms with Crippen LogP contribution in [-0.4, -0.2) is 29.9 Å². The fraction of sp³-hybridized carbons (Fsp3) is 0.611. The number of halogens is 1. The van der Waals surface area contributed by atoms with Crippen LogP contribution in [0.15, 0.2) is 18.2 Å². The van der Waals surface area contributed by atoms with E-state index in [1.807, 2.05) is 37.8 Å². The number of aryl methyl sites for hydroxylation is 1. The average molecular weight is 323 g/mol. The molecule has 0 bridgehead atoms. The van der Waals surface area contributed by atoms with E-state index >= 15 is 0 Å². The Bertz CT molecular complexity index is 508. The minimum Gasteiger partial charge on any atom is -0.342 e. The summed E-state index contributed by atoms with van der Waals surface area (Å²) in [4.78, 5) is 14.3. The van der Waals surface area contributed by atoms with Gasteiger partial charge in [-0.15, -0.1) is 0 Å². The van der Waals surface area contributed by atoms with Gasteiger partial charge in [-0.25, -0.2) is 0 Å². The van der Waals surface area contributed by atoms with Gasteiger partial charge in [0.2, 0.25) is 5.91 Å². The zero-order chi connectivity index (χ0) is 16.3. The van der Waals surface area contributed by atoms with Crippen molar-refractivity contribution in [2.45, 2.75) is 53.1 Å². The number of carbonyl (C=O) groups excluding carboxylic acids is 1. The smallest absolute Gasteiger partial charge is 0.227 e. The van der Waals surface area contributed by atoms with Crippen LogP contribution in [0.4, 0.5) is 0 Å². The summed E-state index contributed by atoms with van der Waals surface area (Å²) < 4.78 is 0. The van der Waals surface area contributed by atoms with Gasteiger partial charge in [0.15, 0.2) is 0 Å². The number of amides is 1. The number of likely N-dealkylation sites (tertiary alicyclic amines) is 1. The second-order valence-corrected chi connectivity index (χ2v) is 7.77. The SMILES string of the molecule is Cc1cc(Cl)cc(CNC2CCN(C(=O)C(C)(C)C)CC2)c1. The predicted octanol–water partition coefficient (Wildman–Crippen LogP) is 3.78. The first-order valence-corrected chi connectivity index (χ1v) is 8.42. The van der Waals surface area contributed by atoms with E-state index in [4.69, 9.17) is 11.6 Å². The molecule has 1 saturated heterocycles. The normalized spacial score (nSPS) is 16.9. The van der Waals surface area contributed by atoms with Crippen LogP contribution in [0.25, 0.3) is 0 Å². The van der Waals surface area contributed by atoms with Gasteiger partial charge in [-0.05, 0) is 43.0 Å². The molecule has 0 unspecified atom stereocenters. The summed E-state index contributed by atoms with van der Waals surface area (Å²) in [6.45, 7) is 10.6. The summed E-state index contributed by atoms with van der Waals surface area (Å²) in [5, 5.41) is 4.39. The van der Waals surface area contributed by atoms with Crippen molar-refractivity contribution in [3.63, 3.8) is 0 Å². The zero-order valence-electron chi connectivity index (χ0n) is 14.1. The van der Waals surface area contributed by atoms with E-state index in [1.54, 1.807) is 0 Å². The number of piperidine rings is 1. The van der Waals surface area contributed by atoms with Crippen LogP contribution in [0.2, 0.25) is 5.02 Å². The molecule has 1 amide bonds. The zero-order valence-corrected chi connectivity index (χ0v) is 14.8. The Hall–Kier alpha value is -1.06. The fourth-order valence-corrected chi connectivity index (χ4v) is 3.25. The van der Waals surface area contributed by atoms with E-state index in [2.05, 4.69) is 18.3 Å². The van der Waals surface area contributed by atoms with Gasteiger partial charge >= 0.3 is 0 Å². The van der Waals surface area contributed by atoms with Crippen molar-refractivity contribution >= 4 is 17.5 Å². The van der Waals surface area contributed by atoms with E-state index in [1.165, 1.54) is 11.1 Å². The van der Waals surface area contributed by atoms with Gasteiger partial charge in [0.05, 0.1) is 0 Å². The second kappa shape index (κ2) is 7.01. The molecule has 4 heteroatoms. The molecule has 1 aliphatic heterocycles. The van der Waals surface area contributed by atoms with Gasteiger partial charge in [-0.2, -0.15) is 0 Å². The lowest BCUT2D eigenvalue weighted by Crippen LogP contribution is -2.48. The Morgan fingerprint density at radius 3 is 2.45 bits per heavy atom. The van der Waals surface area contributed by atoms with Crippen molar-refractivity contribution < 1.29 is 4.79 Å². The van der Waals surface area contributed by atoms with Crippen LogP contribution in [0, 0.1) is 12.3 Å². The van der Waals surface area contributed by atoms with Gasteiger partial charge in [-0.1, -0.05) is 38.4 Å². The maximum Gasteiger partial charge on any atom is 0.227 e. The van der Waals surface area contributed by atoms with Gasteiger partial charge in [-0.3, -0.25) is 4.79 Å². The van der Waals surface area contributed by atoms with Gasteiger partial charge < -0.3 is 10.2 Å². The Labute approximate surface area is 139 Å². The molecule has 1 aromatic carbocycles. The summed E-state index contributed by atoms with van der Waals surface area (Å²) >= 11 is 6.10. The lowest BCUT2D eigenvalue weighted by molar-refractivity contribution is -0.140. The molecular formula is C18H27ClN2O. The molecular weight excluding hydrogens is 296 g/mol. The monoisotopic (exact) mass is 322 g/mol. The van der Waals surface area contributed by atoms with Crippen molar-refractivity contribution in [3.8, 4) is 0 Å². The number of hydrogen-bond acceptors (Lipinski definition) is 2. The Morgan fingerprint density at radius 1 is 1.27 bits per heavy atom. The molecule has 1 N–H and O–H groups in total. The van der Waals surface area contributed by atoms with Crippen LogP contribution >= 0.6 is 11.6 Å². The van der Waals surface area contributed by atoms with Crippen molar-refractivity contribution in [1.82, 2.24) is 10.2 Å². The number of benzene rings is 1. The summed E-state index contributed by atoms with van der Waals surface area (Å²) in [6.07, 6.45) is 2.03. The van der Waals surface area contributed by atoms with E-state index in [-0.39, 0.29) is 11.3 Å². The third kappa shape index (κ3) is 4.72. The summed E-state index contributed by atoms with van der Waals surface area (Å²) in [6, 6.07) is 6.63. The molecule has 1 aromatic rings. The van der Waals surface area contributed by atoms with Crippen LogP contribution in [0.1, 0.15) is 44.7 Å². The lowest BCUT2D eigenvalue weighted by atomic mass is 9.93. The predicted molar refractivity (Wildman–Crippen MR) is 92.1 cm³/mol. The molecule has 0 aromatic heterocycles. The number of nitrogens with one attached hydrogen (secondary N) is 1. The molecule has 2 rings (SSSR count). The molecule has 22 heavy (non-hydrogen) atoms. The number of rotatable bonds is 3. The standard InChI is InChI=1S/C18H27ClN2O/c1-13-9-14(11-15(19)10-13)12-20-16-5-7-21(8-6-16)17(22)18(2,3)4/h9-11,16,20H,5-8,12H2,1-4H3. The highest BCUT2D eigenvalue weighted by atomic mass is 35.5. The molecule has 1 aliphatic rings. The Balaban J connectivity index is 1.81. The number of hydrogen-bond donors (Lipinski definition) is 1. The van der Waals surface area contributed by atoms with Gasteiger partial charge in [0, 0.05) is 36.1 Å². The Morgan fingerprint density at radius 2 is 1.91 bits per heavy atom. The topological polar surface area (TPSA) is 32.3 Å². The van der Waals surface area contributed by atoms with E-state index in [9.17, 15) is 4.79 Å². The molecule has 3 nitrogen and oxygen atoms in total. The summed E-state index contributed by atoms with van der Waals surface area (Å²) in [7, 11) is 0. The summed E-state index contributed by atoms with van der Waals surface area (Å²) in [5.41, 5.74) is 2.13.